The third kappa shape index (κ3) is 4.71. The van der Waals surface area contributed by atoms with E-state index in [0.717, 1.165) is 42.9 Å². The monoisotopic (exact) mass is 354 g/mol. The Labute approximate surface area is 154 Å². The number of carbonyl (C=O) groups is 1. The van der Waals surface area contributed by atoms with Gasteiger partial charge in [-0.15, -0.1) is 0 Å². The van der Waals surface area contributed by atoms with E-state index in [1.165, 1.54) is 12.0 Å². The summed E-state index contributed by atoms with van der Waals surface area (Å²) < 4.78 is 5.63. The van der Waals surface area contributed by atoms with Crippen LogP contribution in [0.1, 0.15) is 36.1 Å². The van der Waals surface area contributed by atoms with E-state index in [1.807, 2.05) is 39.0 Å². The Balaban J connectivity index is 1.61. The Morgan fingerprint density at radius 1 is 1.12 bits per heavy atom. The smallest absolute Gasteiger partial charge is 0.262 e. The zero-order chi connectivity index (χ0) is 18.5. The van der Waals surface area contributed by atoms with Gasteiger partial charge in [0.1, 0.15) is 0 Å². The average molecular weight is 354 g/mol. The Bertz CT molecular complexity index is 785. The molecule has 0 atom stereocenters. The first-order chi connectivity index (χ1) is 12.5. The van der Waals surface area contributed by atoms with Crippen LogP contribution in [0.25, 0.3) is 0 Å². The van der Waals surface area contributed by atoms with Crippen LogP contribution in [0.2, 0.25) is 0 Å². The second kappa shape index (κ2) is 8.17. The van der Waals surface area contributed by atoms with Crippen molar-refractivity contribution in [2.75, 3.05) is 29.9 Å². The van der Waals surface area contributed by atoms with Crippen LogP contribution in [0.4, 0.5) is 11.6 Å². The van der Waals surface area contributed by atoms with Gasteiger partial charge < -0.3 is 15.0 Å². The van der Waals surface area contributed by atoms with Crippen molar-refractivity contribution in [3.63, 3.8) is 0 Å². The predicted molar refractivity (Wildman–Crippen MR) is 103 cm³/mol. The molecule has 0 aliphatic carbocycles. The highest BCUT2D eigenvalue weighted by Crippen LogP contribution is 2.20. The van der Waals surface area contributed by atoms with Crippen molar-refractivity contribution >= 4 is 17.5 Å². The number of nitrogens with one attached hydrogen (secondary N) is 1. The van der Waals surface area contributed by atoms with E-state index < -0.39 is 0 Å². The van der Waals surface area contributed by atoms with E-state index in [2.05, 4.69) is 20.2 Å². The number of amides is 1. The number of aryl methyl sites for hydroxylation is 3. The van der Waals surface area contributed by atoms with E-state index in [4.69, 9.17) is 4.74 Å². The van der Waals surface area contributed by atoms with Crippen LogP contribution < -0.4 is 15.0 Å². The van der Waals surface area contributed by atoms with Crippen molar-refractivity contribution in [1.29, 1.82) is 0 Å². The maximum absolute atomic E-state index is 12.2. The van der Waals surface area contributed by atoms with Crippen LogP contribution in [0.3, 0.4) is 0 Å². The number of rotatable bonds is 5. The number of nitrogens with zero attached hydrogens (tertiary/aromatic N) is 3. The summed E-state index contributed by atoms with van der Waals surface area (Å²) in [4.78, 5) is 23.4. The van der Waals surface area contributed by atoms with Gasteiger partial charge in [0.15, 0.2) is 6.61 Å². The number of aromatic nitrogens is 2. The summed E-state index contributed by atoms with van der Waals surface area (Å²) in [5.74, 6) is 0.927. The van der Waals surface area contributed by atoms with Gasteiger partial charge in [0, 0.05) is 30.5 Å². The van der Waals surface area contributed by atoms with E-state index in [-0.39, 0.29) is 12.5 Å². The van der Waals surface area contributed by atoms with Crippen molar-refractivity contribution in [1.82, 2.24) is 9.97 Å². The van der Waals surface area contributed by atoms with Gasteiger partial charge >= 0.3 is 0 Å². The number of ether oxygens (including phenoxy) is 1. The van der Waals surface area contributed by atoms with Gasteiger partial charge in [0.25, 0.3) is 5.91 Å². The van der Waals surface area contributed by atoms with Crippen molar-refractivity contribution in [2.45, 2.75) is 40.0 Å². The number of benzene rings is 1. The molecule has 0 bridgehead atoms. The molecule has 1 aromatic heterocycles. The molecule has 1 saturated heterocycles. The molecule has 6 heteroatoms. The SMILES string of the molecule is Cc1ccc(NC(=O)COc2cc(C)nc(N3CCCCC3)n2)c(C)c1. The van der Waals surface area contributed by atoms with Crippen molar-refractivity contribution in [3.8, 4) is 5.88 Å². The molecule has 3 rings (SSSR count). The highest BCUT2D eigenvalue weighted by molar-refractivity contribution is 5.92. The lowest BCUT2D eigenvalue weighted by Gasteiger charge is -2.26. The van der Waals surface area contributed by atoms with Crippen molar-refractivity contribution in [3.05, 3.63) is 41.1 Å². The lowest BCUT2D eigenvalue weighted by Crippen LogP contribution is -2.31. The van der Waals surface area contributed by atoms with Crippen molar-refractivity contribution < 1.29 is 9.53 Å². The van der Waals surface area contributed by atoms with Crippen molar-refractivity contribution in [2.24, 2.45) is 0 Å². The highest BCUT2D eigenvalue weighted by Gasteiger charge is 2.15. The minimum absolute atomic E-state index is 0.0801. The topological polar surface area (TPSA) is 67.3 Å². The zero-order valence-corrected chi connectivity index (χ0v) is 15.7. The summed E-state index contributed by atoms with van der Waals surface area (Å²) in [5.41, 5.74) is 3.84. The van der Waals surface area contributed by atoms with Gasteiger partial charge in [-0.1, -0.05) is 17.7 Å². The lowest BCUT2D eigenvalue weighted by atomic mass is 10.1. The van der Waals surface area contributed by atoms with Crippen LogP contribution in [-0.2, 0) is 4.79 Å². The maximum atomic E-state index is 12.2. The molecule has 1 amide bonds. The standard InChI is InChI=1S/C20H26N4O2/c1-14-7-8-17(15(2)11-14)22-18(25)13-26-19-12-16(3)21-20(23-19)24-9-5-4-6-10-24/h7-8,11-12H,4-6,9-10,13H2,1-3H3,(H,22,25). The fourth-order valence-corrected chi connectivity index (χ4v) is 3.11. The second-order valence-electron chi connectivity index (χ2n) is 6.85. The summed E-state index contributed by atoms with van der Waals surface area (Å²) in [6.07, 6.45) is 3.57. The fraction of sp³-hybridized carbons (Fsp3) is 0.450. The molecule has 0 saturated carbocycles. The summed E-state index contributed by atoms with van der Waals surface area (Å²) in [5, 5.41) is 2.88. The molecule has 0 radical (unpaired) electrons. The molecule has 26 heavy (non-hydrogen) atoms. The summed E-state index contributed by atoms with van der Waals surface area (Å²) in [6.45, 7) is 7.77. The Morgan fingerprint density at radius 2 is 1.88 bits per heavy atom. The minimum Gasteiger partial charge on any atom is -0.467 e. The number of hydrogen-bond acceptors (Lipinski definition) is 5. The molecule has 1 aliphatic heterocycles. The molecule has 2 aromatic rings. The van der Waals surface area contributed by atoms with Gasteiger partial charge in [-0.25, -0.2) is 4.98 Å². The molecule has 0 unspecified atom stereocenters. The van der Waals surface area contributed by atoms with Crippen LogP contribution in [0.5, 0.6) is 5.88 Å². The predicted octanol–water partition coefficient (Wildman–Crippen LogP) is 3.41. The highest BCUT2D eigenvalue weighted by atomic mass is 16.5. The number of piperidine rings is 1. The summed E-state index contributed by atoms with van der Waals surface area (Å²) in [6, 6.07) is 7.68. The molecule has 0 spiro atoms. The Hall–Kier alpha value is -2.63. The van der Waals surface area contributed by atoms with E-state index >= 15 is 0 Å². The number of anilines is 2. The molecule has 138 valence electrons. The maximum Gasteiger partial charge on any atom is 0.262 e. The van der Waals surface area contributed by atoms with Gasteiger partial charge in [0.05, 0.1) is 0 Å². The van der Waals surface area contributed by atoms with Gasteiger partial charge in [-0.05, 0) is 51.7 Å². The van der Waals surface area contributed by atoms with Crippen LogP contribution in [-0.4, -0.2) is 35.6 Å². The number of hydrogen-bond donors (Lipinski definition) is 1. The number of carbonyl (C=O) groups excluding carboxylic acids is 1. The van der Waals surface area contributed by atoms with Gasteiger partial charge in [-0.2, -0.15) is 4.98 Å². The molecule has 6 nitrogen and oxygen atoms in total. The van der Waals surface area contributed by atoms with Gasteiger partial charge in [0.2, 0.25) is 11.8 Å². The molecule has 2 heterocycles. The lowest BCUT2D eigenvalue weighted by molar-refractivity contribution is -0.118. The van der Waals surface area contributed by atoms with Crippen LogP contribution in [0.15, 0.2) is 24.3 Å². The summed E-state index contributed by atoms with van der Waals surface area (Å²) >= 11 is 0. The second-order valence-corrected chi connectivity index (χ2v) is 6.85. The first kappa shape index (κ1) is 18.2. The Morgan fingerprint density at radius 3 is 2.62 bits per heavy atom. The zero-order valence-electron chi connectivity index (χ0n) is 15.7. The molecular formula is C20H26N4O2. The van der Waals surface area contributed by atoms with E-state index in [9.17, 15) is 4.79 Å². The molecular weight excluding hydrogens is 328 g/mol. The van der Waals surface area contributed by atoms with Gasteiger partial charge in [-0.3, -0.25) is 4.79 Å². The van der Waals surface area contributed by atoms with E-state index in [1.54, 1.807) is 6.07 Å². The first-order valence-electron chi connectivity index (χ1n) is 9.12. The molecule has 1 fully saturated rings. The Kier molecular flexibility index (Phi) is 5.71. The van der Waals surface area contributed by atoms with E-state index in [0.29, 0.717) is 11.8 Å². The largest absolute Gasteiger partial charge is 0.467 e. The molecule has 1 N–H and O–H groups in total. The summed E-state index contributed by atoms with van der Waals surface area (Å²) in [7, 11) is 0. The fourth-order valence-electron chi connectivity index (χ4n) is 3.11. The van der Waals surface area contributed by atoms with Crippen LogP contribution >= 0.6 is 0 Å². The minimum atomic E-state index is -0.201. The molecule has 1 aliphatic rings. The first-order valence-corrected chi connectivity index (χ1v) is 9.12. The molecule has 1 aromatic carbocycles. The van der Waals surface area contributed by atoms with Crippen LogP contribution in [0, 0.1) is 20.8 Å². The quantitative estimate of drug-likeness (QED) is 0.891. The average Bonchev–Trinajstić information content (AvgIpc) is 2.63. The third-order valence-corrected chi connectivity index (χ3v) is 4.46. The third-order valence-electron chi connectivity index (χ3n) is 4.46. The normalized spacial score (nSPS) is 14.2.